The lowest BCUT2D eigenvalue weighted by atomic mass is 10.1. The number of carbonyl (C=O) groups excluding carboxylic acids is 1. The van der Waals surface area contributed by atoms with Crippen LogP contribution in [0.4, 0.5) is 11.5 Å². The van der Waals surface area contributed by atoms with E-state index in [2.05, 4.69) is 20.1 Å². The van der Waals surface area contributed by atoms with Crippen LogP contribution in [0.3, 0.4) is 0 Å². The standard InChI is InChI=1S/C21H22N6O2/c1-26-12-14-4-2-5-16(19(14)21(26)28)23-18-7-3-6-17(24-18)20-25-22-13-27(20)15-8-10-29-11-9-15/h2-7,13,15H,8-12H2,1H3,(H,23,24). The molecule has 8 nitrogen and oxygen atoms in total. The first-order valence-electron chi connectivity index (χ1n) is 9.80. The van der Waals surface area contributed by atoms with Crippen molar-refractivity contribution in [1.82, 2.24) is 24.6 Å². The first kappa shape index (κ1) is 17.8. The first-order valence-corrected chi connectivity index (χ1v) is 9.80. The highest BCUT2D eigenvalue weighted by atomic mass is 16.5. The molecule has 1 saturated heterocycles. The summed E-state index contributed by atoms with van der Waals surface area (Å²) in [5, 5.41) is 11.7. The number of rotatable bonds is 4. The highest BCUT2D eigenvalue weighted by Gasteiger charge is 2.27. The van der Waals surface area contributed by atoms with Crippen LogP contribution < -0.4 is 5.32 Å². The molecule has 3 aromatic rings. The molecular weight excluding hydrogens is 368 g/mol. The Hall–Kier alpha value is -3.26. The van der Waals surface area contributed by atoms with Gasteiger partial charge in [0.25, 0.3) is 5.91 Å². The third kappa shape index (κ3) is 3.25. The normalized spacial score (nSPS) is 16.9. The third-order valence-corrected chi connectivity index (χ3v) is 5.52. The summed E-state index contributed by atoms with van der Waals surface area (Å²) in [6, 6.07) is 11.9. The number of nitrogens with zero attached hydrogens (tertiary/aromatic N) is 5. The average molecular weight is 390 g/mol. The number of aromatic nitrogens is 4. The van der Waals surface area contributed by atoms with Gasteiger partial charge in [-0.25, -0.2) is 4.98 Å². The fraction of sp³-hybridized carbons (Fsp3) is 0.333. The van der Waals surface area contributed by atoms with Crippen molar-refractivity contribution in [2.45, 2.75) is 25.4 Å². The number of nitrogens with one attached hydrogen (secondary N) is 1. The van der Waals surface area contributed by atoms with E-state index in [1.807, 2.05) is 43.4 Å². The fourth-order valence-corrected chi connectivity index (χ4v) is 4.03. The van der Waals surface area contributed by atoms with Crippen LogP contribution in [0.15, 0.2) is 42.7 Å². The van der Waals surface area contributed by atoms with Crippen molar-refractivity contribution in [1.29, 1.82) is 0 Å². The van der Waals surface area contributed by atoms with Gasteiger partial charge < -0.3 is 19.5 Å². The number of hydrogen-bond acceptors (Lipinski definition) is 6. The van der Waals surface area contributed by atoms with E-state index in [0.717, 1.165) is 48.8 Å². The van der Waals surface area contributed by atoms with Gasteiger partial charge in [0, 0.05) is 32.8 Å². The Bertz CT molecular complexity index is 1060. The Morgan fingerprint density at radius 2 is 1.97 bits per heavy atom. The summed E-state index contributed by atoms with van der Waals surface area (Å²) in [7, 11) is 1.81. The van der Waals surface area contributed by atoms with E-state index in [-0.39, 0.29) is 5.91 Å². The van der Waals surface area contributed by atoms with E-state index in [0.29, 0.717) is 24.0 Å². The zero-order valence-corrected chi connectivity index (χ0v) is 16.2. The van der Waals surface area contributed by atoms with E-state index in [1.165, 1.54) is 0 Å². The predicted molar refractivity (Wildman–Crippen MR) is 108 cm³/mol. The zero-order chi connectivity index (χ0) is 19.8. The molecule has 0 aliphatic carbocycles. The van der Waals surface area contributed by atoms with Crippen molar-refractivity contribution < 1.29 is 9.53 Å². The second kappa shape index (κ2) is 7.29. The summed E-state index contributed by atoms with van der Waals surface area (Å²) >= 11 is 0. The Kier molecular flexibility index (Phi) is 4.48. The number of pyridine rings is 1. The van der Waals surface area contributed by atoms with E-state index < -0.39 is 0 Å². The molecular formula is C21H22N6O2. The van der Waals surface area contributed by atoms with Crippen molar-refractivity contribution in [3.63, 3.8) is 0 Å². The molecule has 2 aromatic heterocycles. The summed E-state index contributed by atoms with van der Waals surface area (Å²) in [5.41, 5.74) is 3.26. The van der Waals surface area contributed by atoms with Gasteiger partial charge in [-0.05, 0) is 36.6 Å². The number of carbonyl (C=O) groups is 1. The predicted octanol–water partition coefficient (Wildman–Crippen LogP) is 3.02. The number of fused-ring (bicyclic) bond motifs is 1. The van der Waals surface area contributed by atoms with Crippen molar-refractivity contribution in [2.24, 2.45) is 0 Å². The summed E-state index contributed by atoms with van der Waals surface area (Å²) < 4.78 is 7.56. The van der Waals surface area contributed by atoms with Crippen molar-refractivity contribution in [3.05, 3.63) is 53.9 Å². The van der Waals surface area contributed by atoms with Crippen LogP contribution in [-0.2, 0) is 11.3 Å². The molecule has 2 aliphatic heterocycles. The molecule has 0 radical (unpaired) electrons. The summed E-state index contributed by atoms with van der Waals surface area (Å²) in [5.74, 6) is 1.44. The Morgan fingerprint density at radius 3 is 2.83 bits per heavy atom. The second-order valence-corrected chi connectivity index (χ2v) is 7.44. The average Bonchev–Trinajstić information content (AvgIpc) is 3.35. The number of ether oxygens (including phenoxy) is 1. The van der Waals surface area contributed by atoms with E-state index in [9.17, 15) is 4.79 Å². The largest absolute Gasteiger partial charge is 0.381 e. The van der Waals surface area contributed by atoms with E-state index in [4.69, 9.17) is 9.72 Å². The number of anilines is 2. The van der Waals surface area contributed by atoms with Crippen molar-refractivity contribution in [2.75, 3.05) is 25.6 Å². The Balaban J connectivity index is 1.45. The molecule has 1 amide bonds. The van der Waals surface area contributed by atoms with Crippen molar-refractivity contribution >= 4 is 17.4 Å². The molecule has 1 aromatic carbocycles. The molecule has 0 bridgehead atoms. The minimum absolute atomic E-state index is 0.0264. The molecule has 4 heterocycles. The van der Waals surface area contributed by atoms with Gasteiger partial charge in [0.1, 0.15) is 17.8 Å². The quantitative estimate of drug-likeness (QED) is 0.737. The molecule has 0 atom stereocenters. The lowest BCUT2D eigenvalue weighted by Crippen LogP contribution is -2.20. The lowest BCUT2D eigenvalue weighted by molar-refractivity contribution is 0.0699. The lowest BCUT2D eigenvalue weighted by Gasteiger charge is -2.24. The molecule has 0 spiro atoms. The van der Waals surface area contributed by atoms with Gasteiger partial charge in [-0.2, -0.15) is 0 Å². The highest BCUT2D eigenvalue weighted by Crippen LogP contribution is 2.31. The third-order valence-electron chi connectivity index (χ3n) is 5.52. The molecule has 29 heavy (non-hydrogen) atoms. The van der Waals surface area contributed by atoms with Crippen LogP contribution in [0, 0.1) is 0 Å². The first-order chi connectivity index (χ1) is 14.2. The van der Waals surface area contributed by atoms with E-state index >= 15 is 0 Å². The maximum atomic E-state index is 12.5. The second-order valence-electron chi connectivity index (χ2n) is 7.44. The highest BCUT2D eigenvalue weighted by molar-refractivity contribution is 6.03. The van der Waals surface area contributed by atoms with E-state index in [1.54, 1.807) is 11.2 Å². The summed E-state index contributed by atoms with van der Waals surface area (Å²) in [4.78, 5) is 19.0. The van der Waals surface area contributed by atoms with Crippen molar-refractivity contribution in [3.8, 4) is 11.5 Å². The SMILES string of the molecule is CN1Cc2cccc(Nc3cccc(-c4nncn4C4CCOCC4)n3)c2C1=O. The number of benzene rings is 1. The van der Waals surface area contributed by atoms with Crippen LogP contribution in [0.2, 0.25) is 0 Å². The topological polar surface area (TPSA) is 85.2 Å². The van der Waals surface area contributed by atoms with Gasteiger partial charge in [0.15, 0.2) is 5.82 Å². The van der Waals surface area contributed by atoms with Gasteiger partial charge in [0.05, 0.1) is 11.3 Å². The molecule has 0 unspecified atom stereocenters. The van der Waals surface area contributed by atoms with Gasteiger partial charge in [0.2, 0.25) is 0 Å². The van der Waals surface area contributed by atoms with Crippen LogP contribution >= 0.6 is 0 Å². The van der Waals surface area contributed by atoms with Gasteiger partial charge in [-0.1, -0.05) is 18.2 Å². The van der Waals surface area contributed by atoms with Crippen LogP contribution in [0.5, 0.6) is 0 Å². The van der Waals surface area contributed by atoms with Gasteiger partial charge in [-0.15, -0.1) is 10.2 Å². The smallest absolute Gasteiger partial charge is 0.256 e. The zero-order valence-electron chi connectivity index (χ0n) is 16.2. The molecule has 148 valence electrons. The molecule has 0 saturated carbocycles. The van der Waals surface area contributed by atoms with Crippen LogP contribution in [-0.4, -0.2) is 50.8 Å². The summed E-state index contributed by atoms with van der Waals surface area (Å²) in [6.07, 6.45) is 3.65. The molecule has 5 rings (SSSR count). The maximum absolute atomic E-state index is 12.5. The van der Waals surface area contributed by atoms with Crippen LogP contribution in [0.1, 0.15) is 34.8 Å². The Morgan fingerprint density at radius 1 is 1.14 bits per heavy atom. The monoisotopic (exact) mass is 390 g/mol. The molecule has 1 fully saturated rings. The maximum Gasteiger partial charge on any atom is 0.256 e. The number of hydrogen-bond donors (Lipinski definition) is 1. The molecule has 2 aliphatic rings. The van der Waals surface area contributed by atoms with Gasteiger partial charge >= 0.3 is 0 Å². The van der Waals surface area contributed by atoms with Gasteiger partial charge in [-0.3, -0.25) is 4.79 Å². The molecule has 1 N–H and O–H groups in total. The fourth-order valence-electron chi connectivity index (χ4n) is 4.03. The Labute approximate surface area is 168 Å². The van der Waals surface area contributed by atoms with Crippen LogP contribution in [0.25, 0.3) is 11.5 Å². The minimum atomic E-state index is 0.0264. The molecule has 8 heteroatoms. The summed E-state index contributed by atoms with van der Waals surface area (Å²) in [6.45, 7) is 2.13. The minimum Gasteiger partial charge on any atom is -0.381 e. The number of amides is 1.